The van der Waals surface area contributed by atoms with Gasteiger partial charge < -0.3 is 9.73 Å². The number of furan rings is 1. The third kappa shape index (κ3) is 2.61. The van der Waals surface area contributed by atoms with Crippen LogP contribution in [0.3, 0.4) is 0 Å². The topological polar surface area (TPSA) is 42.2 Å². The molecule has 0 radical (unpaired) electrons. The molecule has 94 valence electrons. The number of hydrogen-bond donors (Lipinski definition) is 1. The summed E-state index contributed by atoms with van der Waals surface area (Å²) in [6.07, 6.45) is 2.12. The summed E-state index contributed by atoms with van der Waals surface area (Å²) in [6.45, 7) is 1.91. The zero-order valence-corrected chi connectivity index (χ0v) is 11.3. The van der Waals surface area contributed by atoms with E-state index in [4.69, 9.17) is 4.42 Å². The Labute approximate surface area is 112 Å². The number of carbonyl (C=O) groups excluding carboxylic acids is 1. The maximum atomic E-state index is 12.9. The van der Waals surface area contributed by atoms with E-state index in [0.717, 1.165) is 0 Å². The van der Waals surface area contributed by atoms with Gasteiger partial charge in [0, 0.05) is 10.9 Å². The summed E-state index contributed by atoms with van der Waals surface area (Å²) in [5, 5.41) is 2.70. The first-order chi connectivity index (χ1) is 8.61. The molecule has 1 amide bonds. The maximum absolute atomic E-state index is 12.9. The molecule has 0 saturated carbocycles. The van der Waals surface area contributed by atoms with Crippen molar-refractivity contribution in [3.05, 3.63) is 52.1 Å². The van der Waals surface area contributed by atoms with E-state index in [-0.39, 0.29) is 11.7 Å². The molecule has 2 aromatic rings. The summed E-state index contributed by atoms with van der Waals surface area (Å²) in [4.78, 5) is 12.0. The third-order valence-electron chi connectivity index (χ3n) is 2.49. The van der Waals surface area contributed by atoms with Crippen molar-refractivity contribution < 1.29 is 13.6 Å². The minimum atomic E-state index is -0.363. The average molecular weight is 312 g/mol. The van der Waals surface area contributed by atoms with E-state index in [1.807, 2.05) is 6.92 Å². The molecule has 0 atom stereocenters. The molecule has 3 nitrogen and oxygen atoms in total. The molecule has 1 aromatic heterocycles. The molecule has 0 unspecified atom stereocenters. The lowest BCUT2D eigenvalue weighted by molar-refractivity contribution is 0.102. The van der Waals surface area contributed by atoms with Gasteiger partial charge in [0.25, 0.3) is 5.91 Å². The fourth-order valence-electron chi connectivity index (χ4n) is 1.60. The van der Waals surface area contributed by atoms with Crippen LogP contribution in [0.4, 0.5) is 10.1 Å². The molecule has 0 aliphatic rings. The van der Waals surface area contributed by atoms with Crippen molar-refractivity contribution in [3.8, 4) is 0 Å². The smallest absolute Gasteiger partial charge is 0.259 e. The molecule has 2 rings (SSSR count). The third-order valence-corrected chi connectivity index (χ3v) is 3.15. The highest BCUT2D eigenvalue weighted by atomic mass is 79.9. The van der Waals surface area contributed by atoms with Crippen LogP contribution in [0.25, 0.3) is 0 Å². The number of rotatable bonds is 3. The van der Waals surface area contributed by atoms with Gasteiger partial charge in [-0.15, -0.1) is 0 Å². The predicted octanol–water partition coefficient (Wildman–Crippen LogP) is 4.00. The van der Waals surface area contributed by atoms with Crippen LogP contribution in [-0.4, -0.2) is 5.91 Å². The van der Waals surface area contributed by atoms with Gasteiger partial charge in [0.05, 0.1) is 17.5 Å². The highest BCUT2D eigenvalue weighted by Crippen LogP contribution is 2.24. The minimum Gasteiger partial charge on any atom is -0.469 e. The van der Waals surface area contributed by atoms with Crippen LogP contribution in [0.2, 0.25) is 0 Å². The standard InChI is InChI=1S/C13H11BrFNO2/c1-2-12-9(5-6-18-12)13(17)16-11-4-3-8(15)7-10(11)14/h3-7H,2H2,1H3,(H,16,17). The molecule has 1 heterocycles. The van der Waals surface area contributed by atoms with Crippen LogP contribution in [-0.2, 0) is 6.42 Å². The second-order valence-corrected chi connectivity index (χ2v) is 4.54. The van der Waals surface area contributed by atoms with Crippen molar-refractivity contribution in [1.82, 2.24) is 0 Å². The second kappa shape index (κ2) is 5.35. The zero-order chi connectivity index (χ0) is 13.1. The average Bonchev–Trinajstić information content (AvgIpc) is 2.81. The maximum Gasteiger partial charge on any atom is 0.259 e. The van der Waals surface area contributed by atoms with Crippen LogP contribution in [0.5, 0.6) is 0 Å². The second-order valence-electron chi connectivity index (χ2n) is 3.69. The van der Waals surface area contributed by atoms with E-state index in [2.05, 4.69) is 21.2 Å². The highest BCUT2D eigenvalue weighted by Gasteiger charge is 2.14. The van der Waals surface area contributed by atoms with Crippen LogP contribution in [0, 0.1) is 5.82 Å². The summed E-state index contributed by atoms with van der Waals surface area (Å²) < 4.78 is 18.6. The Balaban J connectivity index is 2.21. The van der Waals surface area contributed by atoms with E-state index < -0.39 is 0 Å². The normalized spacial score (nSPS) is 10.4. The Kier molecular flexibility index (Phi) is 3.81. The number of anilines is 1. The molecular formula is C13H11BrFNO2. The number of carbonyl (C=O) groups is 1. The highest BCUT2D eigenvalue weighted by molar-refractivity contribution is 9.10. The number of halogens is 2. The Morgan fingerprint density at radius 3 is 2.89 bits per heavy atom. The number of aryl methyl sites for hydroxylation is 1. The summed E-state index contributed by atoms with van der Waals surface area (Å²) >= 11 is 3.20. The quantitative estimate of drug-likeness (QED) is 0.931. The molecule has 18 heavy (non-hydrogen) atoms. The number of nitrogens with one attached hydrogen (secondary N) is 1. The Bertz CT molecular complexity index is 580. The first-order valence-electron chi connectivity index (χ1n) is 5.44. The van der Waals surface area contributed by atoms with Crippen molar-refractivity contribution in [2.75, 3.05) is 5.32 Å². The lowest BCUT2D eigenvalue weighted by Crippen LogP contribution is -2.13. The lowest BCUT2D eigenvalue weighted by atomic mass is 10.2. The van der Waals surface area contributed by atoms with Crippen LogP contribution in [0.1, 0.15) is 23.0 Å². The van der Waals surface area contributed by atoms with Crippen molar-refractivity contribution in [2.45, 2.75) is 13.3 Å². The van der Waals surface area contributed by atoms with Crippen molar-refractivity contribution in [3.63, 3.8) is 0 Å². The van der Waals surface area contributed by atoms with E-state index in [1.165, 1.54) is 24.5 Å². The Morgan fingerprint density at radius 2 is 2.22 bits per heavy atom. The first kappa shape index (κ1) is 12.8. The Morgan fingerprint density at radius 1 is 1.44 bits per heavy atom. The summed E-state index contributed by atoms with van der Waals surface area (Å²) in [5.74, 6) is -0.00363. The van der Waals surface area contributed by atoms with Gasteiger partial charge in [-0.05, 0) is 40.2 Å². The number of hydrogen-bond acceptors (Lipinski definition) is 2. The molecule has 5 heteroatoms. The molecule has 0 bridgehead atoms. The summed E-state index contributed by atoms with van der Waals surface area (Å²) in [5.41, 5.74) is 1.01. The summed E-state index contributed by atoms with van der Waals surface area (Å²) in [6, 6.07) is 5.71. The molecule has 0 aliphatic heterocycles. The van der Waals surface area contributed by atoms with E-state index in [0.29, 0.717) is 27.9 Å². The van der Waals surface area contributed by atoms with Crippen LogP contribution < -0.4 is 5.32 Å². The van der Waals surface area contributed by atoms with Gasteiger partial charge in [-0.2, -0.15) is 0 Å². The molecular weight excluding hydrogens is 301 g/mol. The van der Waals surface area contributed by atoms with Crippen molar-refractivity contribution in [2.24, 2.45) is 0 Å². The fraction of sp³-hybridized carbons (Fsp3) is 0.154. The van der Waals surface area contributed by atoms with Crippen molar-refractivity contribution in [1.29, 1.82) is 0 Å². The molecule has 0 saturated heterocycles. The van der Waals surface area contributed by atoms with E-state index in [1.54, 1.807) is 6.07 Å². The molecule has 0 spiro atoms. The van der Waals surface area contributed by atoms with Gasteiger partial charge in [0.2, 0.25) is 0 Å². The van der Waals surface area contributed by atoms with Gasteiger partial charge in [0.15, 0.2) is 0 Å². The SMILES string of the molecule is CCc1occc1C(=O)Nc1ccc(F)cc1Br. The van der Waals surface area contributed by atoms with Gasteiger partial charge in [0.1, 0.15) is 11.6 Å². The summed E-state index contributed by atoms with van der Waals surface area (Å²) in [7, 11) is 0. The Hall–Kier alpha value is -1.62. The lowest BCUT2D eigenvalue weighted by Gasteiger charge is -2.07. The van der Waals surface area contributed by atoms with Crippen LogP contribution in [0.15, 0.2) is 39.4 Å². The predicted molar refractivity (Wildman–Crippen MR) is 70.1 cm³/mol. The molecule has 0 fully saturated rings. The van der Waals surface area contributed by atoms with E-state index >= 15 is 0 Å². The van der Waals surface area contributed by atoms with Crippen LogP contribution >= 0.6 is 15.9 Å². The molecule has 0 aliphatic carbocycles. The van der Waals surface area contributed by atoms with Gasteiger partial charge >= 0.3 is 0 Å². The zero-order valence-electron chi connectivity index (χ0n) is 9.67. The monoisotopic (exact) mass is 311 g/mol. The van der Waals surface area contributed by atoms with E-state index in [9.17, 15) is 9.18 Å². The van der Waals surface area contributed by atoms with Gasteiger partial charge in [-0.3, -0.25) is 4.79 Å². The largest absolute Gasteiger partial charge is 0.469 e. The van der Waals surface area contributed by atoms with Crippen molar-refractivity contribution >= 4 is 27.5 Å². The number of amides is 1. The van der Waals surface area contributed by atoms with Gasteiger partial charge in [-0.25, -0.2) is 4.39 Å². The first-order valence-corrected chi connectivity index (χ1v) is 6.24. The fourth-order valence-corrected chi connectivity index (χ4v) is 2.05. The number of benzene rings is 1. The minimum absolute atomic E-state index is 0.270. The molecule has 1 aromatic carbocycles. The van der Waals surface area contributed by atoms with Gasteiger partial charge in [-0.1, -0.05) is 6.92 Å². The molecule has 1 N–H and O–H groups in total.